The van der Waals surface area contributed by atoms with Gasteiger partial charge in [-0.05, 0) is 42.7 Å². The molecule has 2 aromatic carbocycles. The fourth-order valence-corrected chi connectivity index (χ4v) is 5.91. The highest BCUT2D eigenvalue weighted by Crippen LogP contribution is 2.41. The first-order valence-corrected chi connectivity index (χ1v) is 13.5. The molecule has 2 aromatic heterocycles. The molecule has 41 heavy (non-hydrogen) atoms. The van der Waals surface area contributed by atoms with Crippen molar-refractivity contribution in [1.29, 1.82) is 0 Å². The first-order chi connectivity index (χ1) is 19.7. The lowest BCUT2D eigenvalue weighted by molar-refractivity contribution is -0.172. The molecule has 0 aliphatic carbocycles. The monoisotopic (exact) mass is 559 g/mol. The van der Waals surface area contributed by atoms with Crippen LogP contribution in [-0.2, 0) is 41.2 Å². The number of halogens is 1. The van der Waals surface area contributed by atoms with Gasteiger partial charge in [-0.15, -0.1) is 0 Å². The van der Waals surface area contributed by atoms with Crippen LogP contribution in [0.4, 0.5) is 10.1 Å². The Balaban J connectivity index is 1.44. The second-order valence-corrected chi connectivity index (χ2v) is 10.3. The van der Waals surface area contributed by atoms with E-state index in [1.165, 1.54) is 6.07 Å². The van der Waals surface area contributed by atoms with Crippen LogP contribution in [0.3, 0.4) is 0 Å². The first-order valence-electron chi connectivity index (χ1n) is 13.5. The normalized spacial score (nSPS) is 17.1. The van der Waals surface area contributed by atoms with Gasteiger partial charge in [0.2, 0.25) is 0 Å². The van der Waals surface area contributed by atoms with Crippen LogP contribution < -0.4 is 20.3 Å². The summed E-state index contributed by atoms with van der Waals surface area (Å²) in [4.78, 5) is 30.8. The number of aryl methyl sites for hydroxylation is 1. The fraction of sp³-hybridized carbons (Fsp3) is 0.323. The van der Waals surface area contributed by atoms with Gasteiger partial charge in [0.05, 0.1) is 48.9 Å². The number of rotatable bonds is 7. The lowest BCUT2D eigenvalue weighted by Gasteiger charge is -2.31. The number of esters is 1. The molecule has 0 saturated carbocycles. The molecule has 0 fully saturated rings. The number of methoxy groups -OCH3 is 2. The number of anilines is 1. The molecule has 0 spiro atoms. The Morgan fingerprint density at radius 2 is 1.93 bits per heavy atom. The van der Waals surface area contributed by atoms with Gasteiger partial charge in [0.25, 0.3) is 5.56 Å². The molecule has 6 rings (SSSR count). The number of cyclic esters (lactones) is 1. The lowest BCUT2D eigenvalue weighted by atomic mass is 9.86. The number of carbonyl (C=O) groups is 1. The molecule has 0 unspecified atom stereocenters. The van der Waals surface area contributed by atoms with Gasteiger partial charge in [0, 0.05) is 40.8 Å². The predicted molar refractivity (Wildman–Crippen MR) is 151 cm³/mol. The van der Waals surface area contributed by atoms with Gasteiger partial charge >= 0.3 is 5.97 Å². The molecule has 2 N–H and O–H groups in total. The minimum absolute atomic E-state index is 0.0589. The predicted octanol–water partition coefficient (Wildman–Crippen LogP) is 4.41. The Bertz CT molecular complexity index is 1800. The second kappa shape index (κ2) is 9.88. The molecule has 2 aliphatic heterocycles. The number of nitrogens with one attached hydrogen (secondary N) is 1. The molecule has 2 aliphatic rings. The summed E-state index contributed by atoms with van der Waals surface area (Å²) in [6.45, 7) is 4.08. The molecule has 1 atom stereocenters. The van der Waals surface area contributed by atoms with Crippen LogP contribution in [0.5, 0.6) is 11.5 Å². The molecular weight excluding hydrogens is 529 g/mol. The van der Waals surface area contributed by atoms with E-state index in [-0.39, 0.29) is 36.3 Å². The van der Waals surface area contributed by atoms with Crippen molar-refractivity contribution in [3.8, 4) is 22.9 Å². The lowest BCUT2D eigenvalue weighted by Crippen LogP contribution is -2.44. The number of benzene rings is 2. The Labute approximate surface area is 235 Å². The summed E-state index contributed by atoms with van der Waals surface area (Å²) in [5, 5.41) is 15.1. The van der Waals surface area contributed by atoms with Crippen molar-refractivity contribution in [2.24, 2.45) is 0 Å². The van der Waals surface area contributed by atoms with Crippen LogP contribution in [0, 0.1) is 5.82 Å². The highest BCUT2D eigenvalue weighted by molar-refractivity contribution is 5.91. The molecule has 4 heterocycles. The molecular formula is C31H30FN3O6. The van der Waals surface area contributed by atoms with Crippen LogP contribution in [0.1, 0.15) is 48.1 Å². The molecule has 9 nitrogen and oxygen atoms in total. The zero-order chi connectivity index (χ0) is 29.1. The van der Waals surface area contributed by atoms with Gasteiger partial charge in [0.1, 0.15) is 23.9 Å². The molecule has 0 radical (unpaired) electrons. The smallest absolute Gasteiger partial charge is 0.343 e. The van der Waals surface area contributed by atoms with Gasteiger partial charge in [0.15, 0.2) is 5.60 Å². The van der Waals surface area contributed by atoms with E-state index in [2.05, 4.69) is 5.32 Å². The van der Waals surface area contributed by atoms with E-state index >= 15 is 4.39 Å². The Hall–Kier alpha value is -4.44. The maximum absolute atomic E-state index is 15.4. The van der Waals surface area contributed by atoms with Crippen LogP contribution >= 0.6 is 0 Å². The summed E-state index contributed by atoms with van der Waals surface area (Å²) in [6.07, 6.45) is 0.686. The topological polar surface area (TPSA) is 112 Å². The first kappa shape index (κ1) is 26.8. The number of ether oxygens (including phenoxy) is 3. The molecule has 0 amide bonds. The molecule has 212 valence electrons. The highest BCUT2D eigenvalue weighted by Gasteiger charge is 2.45. The van der Waals surface area contributed by atoms with Crippen molar-refractivity contribution in [3.63, 3.8) is 0 Å². The number of pyridine rings is 2. The Morgan fingerprint density at radius 3 is 2.63 bits per heavy atom. The summed E-state index contributed by atoms with van der Waals surface area (Å²) >= 11 is 0. The quantitative estimate of drug-likeness (QED) is 0.282. The van der Waals surface area contributed by atoms with Gasteiger partial charge in [-0.3, -0.25) is 4.79 Å². The third kappa shape index (κ3) is 4.04. The van der Waals surface area contributed by atoms with Gasteiger partial charge in [-0.25, -0.2) is 14.2 Å². The van der Waals surface area contributed by atoms with Crippen LogP contribution in [0.15, 0.2) is 41.2 Å². The number of carbonyl (C=O) groups excluding carboxylic acids is 1. The maximum Gasteiger partial charge on any atom is 0.343 e. The number of hydrogen-bond donors (Lipinski definition) is 2. The zero-order valence-corrected chi connectivity index (χ0v) is 23.3. The molecule has 0 bridgehead atoms. The largest absolute Gasteiger partial charge is 0.497 e. The number of nitrogens with zero attached hydrogens (tertiary/aromatic N) is 2. The highest BCUT2D eigenvalue weighted by atomic mass is 19.1. The van der Waals surface area contributed by atoms with Gasteiger partial charge < -0.3 is 29.2 Å². The molecule has 4 aromatic rings. The molecule has 10 heteroatoms. The standard InChI is InChI=1S/C31H30FN3O6/c1-5-18-19-10-25(33-13-16-7-8-17(39-3)9-27(16)40-4)23(32)12-24(19)34-28-20(18)14-35-26(28)11-22-21(29(35)36)15-41-30(37)31(22,38)6-2/h7-12,33,38H,5-6,13-15H2,1-4H3/t31-/m0/s1. The van der Waals surface area contributed by atoms with Crippen molar-refractivity contribution in [2.75, 3.05) is 19.5 Å². The van der Waals surface area contributed by atoms with E-state index in [9.17, 15) is 14.7 Å². The Morgan fingerprint density at radius 1 is 1.12 bits per heavy atom. The summed E-state index contributed by atoms with van der Waals surface area (Å²) in [5.41, 5.74) is 2.75. The van der Waals surface area contributed by atoms with Crippen LogP contribution in [-0.4, -0.2) is 34.8 Å². The van der Waals surface area contributed by atoms with Crippen LogP contribution in [0.25, 0.3) is 22.3 Å². The summed E-state index contributed by atoms with van der Waals surface area (Å²) in [6, 6.07) is 10.3. The van der Waals surface area contributed by atoms with Crippen molar-refractivity contribution in [3.05, 3.63) is 80.4 Å². The van der Waals surface area contributed by atoms with Crippen molar-refractivity contribution in [2.45, 2.75) is 52.0 Å². The number of aromatic nitrogens is 2. The fourth-order valence-electron chi connectivity index (χ4n) is 5.91. The minimum Gasteiger partial charge on any atom is -0.497 e. The summed E-state index contributed by atoms with van der Waals surface area (Å²) < 4.78 is 32.9. The van der Waals surface area contributed by atoms with E-state index < -0.39 is 17.4 Å². The van der Waals surface area contributed by atoms with E-state index in [1.54, 1.807) is 43.9 Å². The SMILES string of the molecule is CCc1c2c(nc3cc(F)c(NCc4ccc(OC)cc4OC)cc13)-c1cc3c(c(=O)n1C2)COC(=O)[C@]3(O)CC. The minimum atomic E-state index is -1.91. The number of hydrogen-bond acceptors (Lipinski definition) is 8. The van der Waals surface area contributed by atoms with E-state index in [0.717, 1.165) is 22.1 Å². The number of aliphatic hydroxyl groups is 1. The third-order valence-electron chi connectivity index (χ3n) is 8.21. The van der Waals surface area contributed by atoms with Crippen LogP contribution in [0.2, 0.25) is 0 Å². The Kier molecular flexibility index (Phi) is 6.45. The van der Waals surface area contributed by atoms with Gasteiger partial charge in [-0.1, -0.05) is 13.8 Å². The third-order valence-corrected chi connectivity index (χ3v) is 8.21. The average Bonchev–Trinajstić information content (AvgIpc) is 3.35. The average molecular weight is 560 g/mol. The second-order valence-electron chi connectivity index (χ2n) is 10.3. The van der Waals surface area contributed by atoms with E-state index in [4.69, 9.17) is 19.2 Å². The number of fused-ring (bicyclic) bond motifs is 5. The summed E-state index contributed by atoms with van der Waals surface area (Å²) in [5.74, 6) is 0.0442. The van der Waals surface area contributed by atoms with E-state index in [1.807, 2.05) is 19.1 Å². The van der Waals surface area contributed by atoms with Crippen molar-refractivity contribution >= 4 is 22.6 Å². The van der Waals surface area contributed by atoms with Crippen molar-refractivity contribution < 1.29 is 28.5 Å². The van der Waals surface area contributed by atoms with E-state index in [0.29, 0.717) is 47.1 Å². The maximum atomic E-state index is 15.4. The van der Waals surface area contributed by atoms with Gasteiger partial charge in [-0.2, -0.15) is 0 Å². The zero-order valence-electron chi connectivity index (χ0n) is 23.3. The van der Waals surface area contributed by atoms with Crippen molar-refractivity contribution in [1.82, 2.24) is 9.55 Å². The summed E-state index contributed by atoms with van der Waals surface area (Å²) in [7, 11) is 3.15. The molecule has 0 saturated heterocycles.